The number of benzene rings is 4. The van der Waals surface area contributed by atoms with Gasteiger partial charge in [-0.15, -0.1) is 0 Å². The monoisotopic (exact) mass is 505 g/mol. The van der Waals surface area contributed by atoms with Crippen LogP contribution in [-0.2, 0) is 13.0 Å². The fourth-order valence-corrected chi connectivity index (χ4v) is 4.74. The van der Waals surface area contributed by atoms with Gasteiger partial charge in [-0.3, -0.25) is 4.79 Å². The Balaban J connectivity index is 1.65. The first-order valence-corrected chi connectivity index (χ1v) is 12.3. The Morgan fingerprint density at radius 2 is 1.47 bits per heavy atom. The Labute approximate surface area is 220 Å². The van der Waals surface area contributed by atoms with Crippen LogP contribution in [0.25, 0.3) is 22.0 Å². The molecule has 0 bridgehead atoms. The van der Waals surface area contributed by atoms with E-state index in [0.29, 0.717) is 34.9 Å². The number of carbonyl (C=O) groups excluding carboxylic acids is 1. The molecule has 0 radical (unpaired) electrons. The highest BCUT2D eigenvalue weighted by molar-refractivity contribution is 6.11. The van der Waals surface area contributed by atoms with Crippen LogP contribution in [-0.4, -0.2) is 35.6 Å². The van der Waals surface area contributed by atoms with Crippen molar-refractivity contribution >= 4 is 22.7 Å². The first-order chi connectivity index (χ1) is 18.5. The minimum absolute atomic E-state index is 0.154. The number of aromatic nitrogens is 1. The Morgan fingerprint density at radius 1 is 0.789 bits per heavy atom. The van der Waals surface area contributed by atoms with Crippen LogP contribution < -0.4 is 9.47 Å². The number of hydrogen-bond donors (Lipinski definition) is 1. The molecule has 0 amide bonds. The maximum absolute atomic E-state index is 13.9. The molecule has 1 N–H and O–H groups in total. The molecule has 1 heterocycles. The standard InChI is InChI=1S/C32H27NO5/c1-37-25-16-24(17-26(20-25)38-2)31(34)30-19-23-13-12-22(27-10-6-7-11-28(27)32(35)36)18-29(23)33(30)15-14-21-8-4-3-5-9-21/h3-13,16-20H,14-15H2,1-2H3,(H,35,36). The van der Waals surface area contributed by atoms with Crippen LogP contribution in [0.15, 0.2) is 97.1 Å². The SMILES string of the molecule is COc1cc(OC)cc(C(=O)c2cc3ccc(-c4ccccc4C(=O)O)cc3n2CCc2ccccc2)c1. The Bertz CT molecular complexity index is 1610. The van der Waals surface area contributed by atoms with Gasteiger partial charge in [-0.2, -0.15) is 0 Å². The van der Waals surface area contributed by atoms with Crippen LogP contribution >= 0.6 is 0 Å². The molecular weight excluding hydrogens is 478 g/mol. The summed E-state index contributed by atoms with van der Waals surface area (Å²) in [4.78, 5) is 25.7. The van der Waals surface area contributed by atoms with Gasteiger partial charge < -0.3 is 19.1 Å². The Kier molecular flexibility index (Phi) is 6.96. The molecule has 0 aliphatic rings. The average molecular weight is 506 g/mol. The number of aromatic carboxylic acids is 1. The van der Waals surface area contributed by atoms with Crippen molar-refractivity contribution in [1.29, 1.82) is 0 Å². The molecule has 4 aromatic carbocycles. The highest BCUT2D eigenvalue weighted by atomic mass is 16.5. The number of carboxylic acid groups (broad SMARTS) is 1. The van der Waals surface area contributed by atoms with Gasteiger partial charge in [0.25, 0.3) is 0 Å². The van der Waals surface area contributed by atoms with Crippen LogP contribution in [0.3, 0.4) is 0 Å². The van der Waals surface area contributed by atoms with Gasteiger partial charge in [-0.1, -0.05) is 60.7 Å². The molecule has 38 heavy (non-hydrogen) atoms. The average Bonchev–Trinajstić information content (AvgIpc) is 3.33. The number of carbonyl (C=O) groups is 2. The molecule has 6 nitrogen and oxygen atoms in total. The number of hydrogen-bond acceptors (Lipinski definition) is 4. The third-order valence-electron chi connectivity index (χ3n) is 6.69. The van der Waals surface area contributed by atoms with Crippen LogP contribution in [0.1, 0.15) is 32.0 Å². The summed E-state index contributed by atoms with van der Waals surface area (Å²) in [5.74, 6) is -0.0682. The molecule has 5 rings (SSSR count). The molecule has 1 aromatic heterocycles. The summed E-state index contributed by atoms with van der Waals surface area (Å²) in [6.07, 6.45) is 0.724. The minimum atomic E-state index is -0.983. The number of methoxy groups -OCH3 is 2. The summed E-state index contributed by atoms with van der Waals surface area (Å²) in [6, 6.07) is 29.9. The van der Waals surface area contributed by atoms with E-state index in [1.807, 2.05) is 53.1 Å². The van der Waals surface area contributed by atoms with Gasteiger partial charge in [0.1, 0.15) is 11.5 Å². The molecule has 6 heteroatoms. The number of carboxylic acids is 1. The molecule has 0 aliphatic carbocycles. The van der Waals surface area contributed by atoms with E-state index in [0.717, 1.165) is 28.5 Å². The summed E-state index contributed by atoms with van der Waals surface area (Å²) in [5.41, 5.74) is 4.64. The predicted molar refractivity (Wildman–Crippen MR) is 147 cm³/mol. The maximum atomic E-state index is 13.9. The molecule has 0 atom stereocenters. The number of nitrogens with zero attached hydrogens (tertiary/aromatic N) is 1. The lowest BCUT2D eigenvalue weighted by Gasteiger charge is -2.13. The van der Waals surface area contributed by atoms with E-state index >= 15 is 0 Å². The molecular formula is C32H27NO5. The quantitative estimate of drug-likeness (QED) is 0.232. The van der Waals surface area contributed by atoms with Crippen molar-refractivity contribution < 1.29 is 24.2 Å². The highest BCUT2D eigenvalue weighted by Gasteiger charge is 2.20. The van der Waals surface area contributed by atoms with Crippen molar-refractivity contribution in [2.75, 3.05) is 14.2 Å². The van der Waals surface area contributed by atoms with Crippen LogP contribution in [0.5, 0.6) is 11.5 Å². The second-order valence-electron chi connectivity index (χ2n) is 8.97. The summed E-state index contributed by atoms with van der Waals surface area (Å²) in [5, 5.41) is 10.6. The van der Waals surface area contributed by atoms with Gasteiger partial charge in [0.15, 0.2) is 0 Å². The molecule has 5 aromatic rings. The highest BCUT2D eigenvalue weighted by Crippen LogP contribution is 2.31. The number of fused-ring (bicyclic) bond motifs is 1. The van der Waals surface area contributed by atoms with Crippen molar-refractivity contribution in [3.63, 3.8) is 0 Å². The first kappa shape index (κ1) is 24.8. The minimum Gasteiger partial charge on any atom is -0.497 e. The summed E-state index contributed by atoms with van der Waals surface area (Å²) in [6.45, 7) is 0.569. The zero-order valence-electron chi connectivity index (χ0n) is 21.2. The van der Waals surface area contributed by atoms with Gasteiger partial charge in [-0.25, -0.2) is 4.79 Å². The van der Waals surface area contributed by atoms with Gasteiger partial charge >= 0.3 is 5.97 Å². The van der Waals surface area contributed by atoms with Crippen LogP contribution in [0, 0.1) is 0 Å². The van der Waals surface area contributed by atoms with E-state index in [9.17, 15) is 14.7 Å². The number of ketones is 1. The van der Waals surface area contributed by atoms with Crippen LogP contribution in [0.4, 0.5) is 0 Å². The van der Waals surface area contributed by atoms with Crippen molar-refractivity contribution in [3.05, 3.63) is 119 Å². The molecule has 0 saturated heterocycles. The molecule has 190 valence electrons. The van der Waals surface area contributed by atoms with E-state index < -0.39 is 5.97 Å². The predicted octanol–water partition coefficient (Wildman–Crippen LogP) is 6.50. The zero-order chi connectivity index (χ0) is 26.6. The maximum Gasteiger partial charge on any atom is 0.336 e. The van der Waals surface area contributed by atoms with Crippen molar-refractivity contribution in [3.8, 4) is 22.6 Å². The van der Waals surface area contributed by atoms with Gasteiger partial charge in [0.05, 0.1) is 25.5 Å². The Morgan fingerprint density at radius 3 is 2.16 bits per heavy atom. The van der Waals surface area contributed by atoms with Crippen LogP contribution in [0.2, 0.25) is 0 Å². The third-order valence-corrected chi connectivity index (χ3v) is 6.69. The summed E-state index contributed by atoms with van der Waals surface area (Å²) >= 11 is 0. The topological polar surface area (TPSA) is 77.8 Å². The molecule has 0 unspecified atom stereocenters. The van der Waals surface area contributed by atoms with E-state index in [1.54, 1.807) is 50.6 Å². The molecule has 0 spiro atoms. The largest absolute Gasteiger partial charge is 0.497 e. The van der Waals surface area contributed by atoms with E-state index in [1.165, 1.54) is 0 Å². The fraction of sp³-hybridized carbons (Fsp3) is 0.125. The summed E-state index contributed by atoms with van der Waals surface area (Å²) in [7, 11) is 3.10. The van der Waals surface area contributed by atoms with E-state index in [-0.39, 0.29) is 11.3 Å². The number of ether oxygens (including phenoxy) is 2. The van der Waals surface area contributed by atoms with Gasteiger partial charge in [-0.05, 0) is 53.4 Å². The summed E-state index contributed by atoms with van der Waals surface area (Å²) < 4.78 is 12.8. The van der Waals surface area contributed by atoms with Gasteiger partial charge in [0, 0.05) is 29.1 Å². The number of aryl methyl sites for hydroxylation is 2. The Hall–Kier alpha value is -4.84. The zero-order valence-corrected chi connectivity index (χ0v) is 21.2. The van der Waals surface area contributed by atoms with Gasteiger partial charge in [0.2, 0.25) is 5.78 Å². The molecule has 0 saturated carbocycles. The van der Waals surface area contributed by atoms with E-state index in [2.05, 4.69) is 12.1 Å². The lowest BCUT2D eigenvalue weighted by atomic mass is 9.99. The first-order valence-electron chi connectivity index (χ1n) is 12.3. The molecule has 0 aliphatic heterocycles. The van der Waals surface area contributed by atoms with Crippen molar-refractivity contribution in [2.24, 2.45) is 0 Å². The van der Waals surface area contributed by atoms with E-state index in [4.69, 9.17) is 9.47 Å². The molecule has 0 fully saturated rings. The second-order valence-corrected chi connectivity index (χ2v) is 8.97. The second kappa shape index (κ2) is 10.6. The normalized spacial score (nSPS) is 10.9. The fourth-order valence-electron chi connectivity index (χ4n) is 4.74. The lowest BCUT2D eigenvalue weighted by Crippen LogP contribution is -2.12. The van der Waals surface area contributed by atoms with Crippen molar-refractivity contribution in [1.82, 2.24) is 4.57 Å². The number of rotatable bonds is 9. The van der Waals surface area contributed by atoms with Crippen molar-refractivity contribution in [2.45, 2.75) is 13.0 Å². The third kappa shape index (κ3) is 4.89. The lowest BCUT2D eigenvalue weighted by molar-refractivity contribution is 0.0697. The smallest absolute Gasteiger partial charge is 0.336 e.